The summed E-state index contributed by atoms with van der Waals surface area (Å²) in [6.45, 7) is 0.0783. The summed E-state index contributed by atoms with van der Waals surface area (Å²) in [6, 6.07) is 2.87. The van der Waals surface area contributed by atoms with Crippen LogP contribution in [0.1, 0.15) is 28.6 Å². The number of hydrogen-bond acceptors (Lipinski definition) is 6. The van der Waals surface area contributed by atoms with E-state index in [2.05, 4.69) is 19.7 Å². The highest BCUT2D eigenvalue weighted by molar-refractivity contribution is 5.88. The predicted molar refractivity (Wildman–Crippen MR) is 65.2 cm³/mol. The first-order valence-corrected chi connectivity index (χ1v) is 5.51. The summed E-state index contributed by atoms with van der Waals surface area (Å²) in [7, 11) is 1.25. The van der Waals surface area contributed by atoms with E-state index in [-0.39, 0.29) is 24.2 Å². The number of rotatable bonds is 6. The third kappa shape index (κ3) is 4.22. The molecule has 2 unspecified atom stereocenters. The molecular formula is C11H14N4O4. The van der Waals surface area contributed by atoms with Gasteiger partial charge in [0.2, 0.25) is 0 Å². The molecular weight excluding hydrogens is 252 g/mol. The number of aliphatic hydroxyl groups excluding tert-OH is 2. The van der Waals surface area contributed by atoms with Gasteiger partial charge in [-0.15, -0.1) is 0 Å². The largest absolute Gasteiger partial charge is 0.465 e. The van der Waals surface area contributed by atoms with Crippen LogP contribution in [0.5, 0.6) is 0 Å². The highest BCUT2D eigenvalue weighted by Gasteiger charge is 2.19. The number of esters is 1. The lowest BCUT2D eigenvalue weighted by atomic mass is 10.1. The van der Waals surface area contributed by atoms with Crippen molar-refractivity contribution in [3.8, 4) is 0 Å². The number of carbonyl (C=O) groups is 1. The minimum Gasteiger partial charge on any atom is -0.465 e. The van der Waals surface area contributed by atoms with Crippen LogP contribution in [-0.2, 0) is 4.74 Å². The van der Waals surface area contributed by atoms with E-state index in [4.69, 9.17) is 5.53 Å². The molecule has 2 atom stereocenters. The average molecular weight is 266 g/mol. The molecule has 1 aromatic rings. The average Bonchev–Trinajstić information content (AvgIpc) is 2.46. The second-order valence-electron chi connectivity index (χ2n) is 3.72. The fourth-order valence-electron chi connectivity index (χ4n) is 1.41. The Morgan fingerprint density at radius 3 is 2.84 bits per heavy atom. The van der Waals surface area contributed by atoms with Crippen molar-refractivity contribution in [3.63, 3.8) is 0 Å². The quantitative estimate of drug-likeness (QED) is 0.343. The number of nitrogens with zero attached hydrogens (tertiary/aromatic N) is 4. The van der Waals surface area contributed by atoms with Crippen LogP contribution in [0, 0.1) is 0 Å². The van der Waals surface area contributed by atoms with Crippen LogP contribution in [0.2, 0.25) is 0 Å². The molecule has 1 rings (SSSR count). The molecule has 19 heavy (non-hydrogen) atoms. The molecule has 0 aliphatic heterocycles. The van der Waals surface area contributed by atoms with Crippen molar-refractivity contribution in [2.75, 3.05) is 13.7 Å². The molecule has 0 bridgehead atoms. The van der Waals surface area contributed by atoms with Gasteiger partial charge in [-0.3, -0.25) is 4.98 Å². The Hall–Kier alpha value is -2.15. The number of hydrogen-bond donors (Lipinski definition) is 2. The monoisotopic (exact) mass is 266 g/mol. The summed E-state index contributed by atoms with van der Waals surface area (Å²) in [4.78, 5) is 17.6. The molecule has 2 N–H and O–H groups in total. The standard InChI is InChI=1S/C11H14N4O4/c1-19-11(18)7-2-3-8(13-6-7)10(17)9(16)4-5-14-15-12/h2-3,6,9-10,16-17H,4-5H2,1H3. The van der Waals surface area contributed by atoms with Crippen LogP contribution in [0.4, 0.5) is 0 Å². The van der Waals surface area contributed by atoms with E-state index in [0.717, 1.165) is 0 Å². The zero-order valence-electron chi connectivity index (χ0n) is 10.3. The number of aliphatic hydroxyl groups is 2. The van der Waals surface area contributed by atoms with Crippen LogP contribution in [0.15, 0.2) is 23.4 Å². The fraction of sp³-hybridized carbons (Fsp3) is 0.455. The van der Waals surface area contributed by atoms with Crippen molar-refractivity contribution < 1.29 is 19.7 Å². The molecule has 0 saturated heterocycles. The molecule has 0 aliphatic carbocycles. The first-order chi connectivity index (χ1) is 9.10. The van der Waals surface area contributed by atoms with Gasteiger partial charge in [0.1, 0.15) is 6.10 Å². The van der Waals surface area contributed by atoms with E-state index in [9.17, 15) is 15.0 Å². The lowest BCUT2D eigenvalue weighted by molar-refractivity contribution is 0.0125. The van der Waals surface area contributed by atoms with Crippen molar-refractivity contribution in [1.82, 2.24) is 4.98 Å². The summed E-state index contributed by atoms with van der Waals surface area (Å²) in [5.74, 6) is -0.530. The van der Waals surface area contributed by atoms with Gasteiger partial charge in [0.15, 0.2) is 0 Å². The number of methoxy groups -OCH3 is 1. The van der Waals surface area contributed by atoms with Gasteiger partial charge in [-0.2, -0.15) is 0 Å². The summed E-state index contributed by atoms with van der Waals surface area (Å²) >= 11 is 0. The van der Waals surface area contributed by atoms with Gasteiger partial charge in [-0.05, 0) is 24.1 Å². The molecule has 0 fully saturated rings. The normalized spacial score (nSPS) is 13.2. The first kappa shape index (κ1) is 14.9. The molecule has 0 aromatic carbocycles. The van der Waals surface area contributed by atoms with Crippen molar-refractivity contribution in [2.45, 2.75) is 18.6 Å². The highest BCUT2D eigenvalue weighted by Crippen LogP contribution is 2.17. The maximum Gasteiger partial charge on any atom is 0.339 e. The zero-order valence-corrected chi connectivity index (χ0v) is 10.3. The first-order valence-electron chi connectivity index (χ1n) is 5.51. The molecule has 1 aromatic heterocycles. The van der Waals surface area contributed by atoms with E-state index >= 15 is 0 Å². The smallest absolute Gasteiger partial charge is 0.339 e. The summed E-state index contributed by atoms with van der Waals surface area (Å²) in [5.41, 5.74) is 8.57. The van der Waals surface area contributed by atoms with E-state index in [1.54, 1.807) is 0 Å². The second kappa shape index (κ2) is 7.32. The molecule has 0 amide bonds. The number of pyridine rings is 1. The number of aromatic nitrogens is 1. The van der Waals surface area contributed by atoms with Crippen molar-refractivity contribution >= 4 is 5.97 Å². The van der Waals surface area contributed by atoms with Gasteiger partial charge in [-0.25, -0.2) is 4.79 Å². The van der Waals surface area contributed by atoms with Gasteiger partial charge < -0.3 is 14.9 Å². The second-order valence-corrected chi connectivity index (χ2v) is 3.72. The zero-order chi connectivity index (χ0) is 14.3. The highest BCUT2D eigenvalue weighted by atomic mass is 16.5. The molecule has 102 valence electrons. The Morgan fingerprint density at radius 2 is 2.32 bits per heavy atom. The van der Waals surface area contributed by atoms with Crippen molar-refractivity contribution in [2.24, 2.45) is 5.11 Å². The van der Waals surface area contributed by atoms with E-state index < -0.39 is 18.2 Å². The third-order valence-corrected chi connectivity index (χ3v) is 2.46. The van der Waals surface area contributed by atoms with E-state index in [0.29, 0.717) is 0 Å². The third-order valence-electron chi connectivity index (χ3n) is 2.46. The van der Waals surface area contributed by atoms with Gasteiger partial charge in [0.05, 0.1) is 24.5 Å². The number of ether oxygens (including phenoxy) is 1. The Labute approximate surface area is 109 Å². The Kier molecular flexibility index (Phi) is 5.74. The van der Waals surface area contributed by atoms with Gasteiger partial charge in [-0.1, -0.05) is 5.11 Å². The Morgan fingerprint density at radius 1 is 1.58 bits per heavy atom. The predicted octanol–water partition coefficient (Wildman–Crippen LogP) is 0.963. The Balaban J connectivity index is 2.68. The van der Waals surface area contributed by atoms with Crippen LogP contribution in [-0.4, -0.2) is 40.9 Å². The molecule has 8 heteroatoms. The SMILES string of the molecule is COC(=O)c1ccc(C(O)C(O)CCN=[N+]=[N-])nc1. The molecule has 0 radical (unpaired) electrons. The van der Waals surface area contributed by atoms with Crippen LogP contribution >= 0.6 is 0 Å². The van der Waals surface area contributed by atoms with Crippen molar-refractivity contribution in [3.05, 3.63) is 40.0 Å². The topological polar surface area (TPSA) is 128 Å². The molecule has 1 heterocycles. The van der Waals surface area contributed by atoms with Crippen LogP contribution < -0.4 is 0 Å². The fourth-order valence-corrected chi connectivity index (χ4v) is 1.41. The van der Waals surface area contributed by atoms with E-state index in [1.807, 2.05) is 0 Å². The summed E-state index contributed by atoms with van der Waals surface area (Å²) < 4.78 is 4.51. The number of carbonyl (C=O) groups excluding carboxylic acids is 1. The lowest BCUT2D eigenvalue weighted by Crippen LogP contribution is -2.20. The number of azide groups is 1. The molecule has 0 spiro atoms. The molecule has 8 nitrogen and oxygen atoms in total. The Bertz CT molecular complexity index is 470. The van der Waals surface area contributed by atoms with Crippen LogP contribution in [0.25, 0.3) is 10.4 Å². The van der Waals surface area contributed by atoms with Crippen molar-refractivity contribution in [1.29, 1.82) is 0 Å². The minimum atomic E-state index is -1.21. The summed E-state index contributed by atoms with van der Waals surface area (Å²) in [5, 5.41) is 22.7. The van der Waals surface area contributed by atoms with Gasteiger partial charge >= 0.3 is 5.97 Å². The van der Waals surface area contributed by atoms with Crippen LogP contribution in [0.3, 0.4) is 0 Å². The summed E-state index contributed by atoms with van der Waals surface area (Å²) in [6.07, 6.45) is -0.932. The maximum atomic E-state index is 11.2. The molecule has 0 saturated carbocycles. The minimum absolute atomic E-state index is 0.0783. The van der Waals surface area contributed by atoms with E-state index in [1.165, 1.54) is 25.4 Å². The lowest BCUT2D eigenvalue weighted by Gasteiger charge is -2.16. The molecule has 0 aliphatic rings. The van der Waals surface area contributed by atoms with Gasteiger partial charge in [0, 0.05) is 17.7 Å². The van der Waals surface area contributed by atoms with Gasteiger partial charge in [0.25, 0.3) is 0 Å². The maximum absolute atomic E-state index is 11.2.